The third-order valence-corrected chi connectivity index (χ3v) is 5.46. The van der Waals surface area contributed by atoms with E-state index in [4.69, 9.17) is 0 Å². The van der Waals surface area contributed by atoms with Gasteiger partial charge in [0.05, 0.1) is 0 Å². The fraction of sp³-hybridized carbons (Fsp3) is 0.429. The molecule has 0 unspecified atom stereocenters. The number of benzene rings is 1. The Bertz CT molecular complexity index is 993. The van der Waals surface area contributed by atoms with Crippen molar-refractivity contribution in [1.82, 2.24) is 19.8 Å². The predicted octanol–water partition coefficient (Wildman–Crippen LogP) is 2.11. The Hall–Kier alpha value is -3.37. The summed E-state index contributed by atoms with van der Waals surface area (Å²) >= 11 is 0. The van der Waals surface area contributed by atoms with Crippen LogP contribution in [0.25, 0.3) is 0 Å². The monoisotopic (exact) mass is 449 g/mol. The molecule has 0 N–H and O–H groups in total. The van der Waals surface area contributed by atoms with Crippen LogP contribution in [0.5, 0.6) is 5.88 Å². The molecule has 32 heavy (non-hydrogen) atoms. The van der Waals surface area contributed by atoms with Gasteiger partial charge in [0, 0.05) is 57.3 Å². The minimum absolute atomic E-state index is 0.0368. The summed E-state index contributed by atoms with van der Waals surface area (Å²) < 4.78 is 41.7. The predicted molar refractivity (Wildman–Crippen MR) is 108 cm³/mol. The average molecular weight is 449 g/mol. The summed E-state index contributed by atoms with van der Waals surface area (Å²) in [5.74, 6) is 0.211. The van der Waals surface area contributed by atoms with Crippen LogP contribution in [-0.4, -0.2) is 77.1 Å². The number of hydrogen-bond acceptors (Lipinski definition) is 6. The lowest BCUT2D eigenvalue weighted by Gasteiger charge is -2.35. The molecule has 3 heterocycles. The first-order chi connectivity index (χ1) is 15.3. The Morgan fingerprint density at radius 2 is 1.84 bits per heavy atom. The average Bonchev–Trinajstić information content (AvgIpc) is 3.11. The fourth-order valence-corrected chi connectivity index (χ4v) is 3.81. The van der Waals surface area contributed by atoms with Gasteiger partial charge >= 0.3 is 6.18 Å². The van der Waals surface area contributed by atoms with Gasteiger partial charge in [-0.2, -0.15) is 13.2 Å². The summed E-state index contributed by atoms with van der Waals surface area (Å²) in [5.41, 5.74) is 1.67. The van der Waals surface area contributed by atoms with Crippen LogP contribution < -0.4 is 9.64 Å². The van der Waals surface area contributed by atoms with Crippen LogP contribution in [0.1, 0.15) is 22.3 Å². The van der Waals surface area contributed by atoms with Gasteiger partial charge in [-0.25, -0.2) is 9.97 Å². The number of nitrogens with zero attached hydrogens (tertiary/aromatic N) is 5. The molecule has 0 atom stereocenters. The summed E-state index contributed by atoms with van der Waals surface area (Å²) in [4.78, 5) is 38.1. The summed E-state index contributed by atoms with van der Waals surface area (Å²) in [6, 6.07) is 8.80. The highest BCUT2D eigenvalue weighted by atomic mass is 19.4. The van der Waals surface area contributed by atoms with E-state index in [9.17, 15) is 22.8 Å². The molecule has 0 saturated carbocycles. The lowest BCUT2D eigenvalue weighted by molar-refractivity contribution is -0.154. The Morgan fingerprint density at radius 3 is 2.56 bits per heavy atom. The molecule has 0 aliphatic carbocycles. The summed E-state index contributed by atoms with van der Waals surface area (Å²) in [7, 11) is 0. The fourth-order valence-electron chi connectivity index (χ4n) is 3.81. The maximum absolute atomic E-state index is 12.6. The van der Waals surface area contributed by atoms with E-state index in [2.05, 4.69) is 14.7 Å². The highest BCUT2D eigenvalue weighted by molar-refractivity contribution is 5.98. The summed E-state index contributed by atoms with van der Waals surface area (Å²) in [5, 5.41) is 0. The first-order valence-electron chi connectivity index (χ1n) is 10.2. The highest BCUT2D eigenvalue weighted by Crippen LogP contribution is 2.23. The Morgan fingerprint density at radius 1 is 1.09 bits per heavy atom. The number of ether oxygens (including phenoxy) is 1. The first-order valence-corrected chi connectivity index (χ1v) is 10.2. The van der Waals surface area contributed by atoms with E-state index in [1.54, 1.807) is 15.9 Å². The molecule has 0 bridgehead atoms. The molecule has 4 rings (SSSR count). The van der Waals surface area contributed by atoms with Crippen LogP contribution in [0.15, 0.2) is 36.7 Å². The van der Waals surface area contributed by atoms with Gasteiger partial charge in [-0.05, 0) is 11.6 Å². The molecule has 2 amide bonds. The number of aromatic nitrogens is 2. The molecule has 2 aromatic rings. The quantitative estimate of drug-likeness (QED) is 0.672. The summed E-state index contributed by atoms with van der Waals surface area (Å²) in [6.07, 6.45) is -3.05. The number of hydrogen-bond donors (Lipinski definition) is 0. The van der Waals surface area contributed by atoms with Crippen LogP contribution in [0.4, 0.5) is 19.0 Å². The van der Waals surface area contributed by atoms with E-state index in [-0.39, 0.29) is 24.1 Å². The maximum atomic E-state index is 12.6. The van der Waals surface area contributed by atoms with Crippen molar-refractivity contribution >= 4 is 17.6 Å². The Kier molecular flexibility index (Phi) is 6.15. The third kappa shape index (κ3) is 5.09. The lowest BCUT2D eigenvalue weighted by atomic mass is 10.1. The molecule has 0 spiro atoms. The number of rotatable bonds is 6. The van der Waals surface area contributed by atoms with Gasteiger partial charge in [0.2, 0.25) is 11.8 Å². The van der Waals surface area contributed by atoms with Gasteiger partial charge < -0.3 is 19.4 Å². The van der Waals surface area contributed by atoms with Crippen LogP contribution in [0.2, 0.25) is 0 Å². The second-order valence-electron chi connectivity index (χ2n) is 7.62. The van der Waals surface area contributed by atoms with Crippen LogP contribution in [-0.2, 0) is 11.3 Å². The Balaban J connectivity index is 1.25. The lowest BCUT2D eigenvalue weighted by Crippen LogP contribution is -2.49. The van der Waals surface area contributed by atoms with Crippen molar-refractivity contribution < 1.29 is 27.5 Å². The van der Waals surface area contributed by atoms with Crippen molar-refractivity contribution in [3.8, 4) is 5.88 Å². The standard InChI is InChI=1S/C21H22F3N5O3/c22-21(23,24)13-32-18-11-17(25-14-26-18)27-7-9-28(10-8-27)19(30)5-6-29-12-15-3-1-2-4-16(15)20(29)31/h1-4,11,14H,5-10,12-13H2. The van der Waals surface area contributed by atoms with E-state index in [0.717, 1.165) is 11.9 Å². The highest BCUT2D eigenvalue weighted by Gasteiger charge is 2.30. The molecule has 0 radical (unpaired) electrons. The molecule has 2 aliphatic rings. The largest absolute Gasteiger partial charge is 0.468 e. The molecular weight excluding hydrogens is 427 g/mol. The molecule has 11 heteroatoms. The summed E-state index contributed by atoms with van der Waals surface area (Å²) in [6.45, 7) is 1.33. The van der Waals surface area contributed by atoms with Gasteiger partial charge in [0.25, 0.3) is 5.91 Å². The van der Waals surface area contributed by atoms with Crippen LogP contribution in [0.3, 0.4) is 0 Å². The number of fused-ring (bicyclic) bond motifs is 1. The number of piperazine rings is 1. The second-order valence-corrected chi connectivity index (χ2v) is 7.62. The van der Waals surface area contributed by atoms with Crippen molar-refractivity contribution in [2.45, 2.75) is 19.1 Å². The van der Waals surface area contributed by atoms with Crippen molar-refractivity contribution in [2.24, 2.45) is 0 Å². The van der Waals surface area contributed by atoms with Gasteiger partial charge in [-0.3, -0.25) is 9.59 Å². The smallest absolute Gasteiger partial charge is 0.422 e. The molecule has 1 aromatic carbocycles. The Labute approximate surface area is 182 Å². The van der Waals surface area contributed by atoms with Crippen LogP contribution in [0, 0.1) is 0 Å². The zero-order valence-corrected chi connectivity index (χ0v) is 17.2. The molecule has 1 saturated heterocycles. The molecule has 170 valence electrons. The maximum Gasteiger partial charge on any atom is 0.422 e. The number of amides is 2. The third-order valence-electron chi connectivity index (χ3n) is 5.46. The van der Waals surface area contributed by atoms with Crippen molar-refractivity contribution in [3.05, 3.63) is 47.8 Å². The van der Waals surface area contributed by atoms with E-state index in [1.165, 1.54) is 6.07 Å². The van der Waals surface area contributed by atoms with Crippen molar-refractivity contribution in [3.63, 3.8) is 0 Å². The number of halogens is 3. The van der Waals surface area contributed by atoms with Gasteiger partial charge in [-0.15, -0.1) is 0 Å². The molecule has 1 fully saturated rings. The van der Waals surface area contributed by atoms with E-state index < -0.39 is 12.8 Å². The van der Waals surface area contributed by atoms with Crippen LogP contribution >= 0.6 is 0 Å². The minimum Gasteiger partial charge on any atom is -0.468 e. The van der Waals surface area contributed by atoms with E-state index in [1.807, 2.05) is 23.1 Å². The normalized spacial score (nSPS) is 16.3. The number of anilines is 1. The first kappa shape index (κ1) is 21.8. The second kappa shape index (κ2) is 9.01. The molecule has 1 aromatic heterocycles. The zero-order chi connectivity index (χ0) is 22.7. The number of carbonyl (C=O) groups excluding carboxylic acids is 2. The molecule has 2 aliphatic heterocycles. The SMILES string of the molecule is O=C(CCN1Cc2ccccc2C1=O)N1CCN(c2cc(OCC(F)(F)F)ncn2)CC1. The van der Waals surface area contributed by atoms with E-state index >= 15 is 0 Å². The topological polar surface area (TPSA) is 78.9 Å². The molecule has 8 nitrogen and oxygen atoms in total. The van der Waals surface area contributed by atoms with Gasteiger partial charge in [0.1, 0.15) is 12.1 Å². The van der Waals surface area contributed by atoms with Gasteiger partial charge in [-0.1, -0.05) is 18.2 Å². The van der Waals surface area contributed by atoms with Crippen molar-refractivity contribution in [1.29, 1.82) is 0 Å². The van der Waals surface area contributed by atoms with E-state index in [0.29, 0.717) is 50.6 Å². The van der Waals surface area contributed by atoms with Gasteiger partial charge in [0.15, 0.2) is 6.61 Å². The minimum atomic E-state index is -4.44. The van der Waals surface area contributed by atoms with Crippen molar-refractivity contribution in [2.75, 3.05) is 44.2 Å². The molecular formula is C21H22F3N5O3. The number of carbonyl (C=O) groups is 2. The number of alkyl halides is 3. The zero-order valence-electron chi connectivity index (χ0n) is 17.2.